The van der Waals surface area contributed by atoms with Crippen LogP contribution in [-0.4, -0.2) is 38.1 Å². The van der Waals surface area contributed by atoms with Gasteiger partial charge in [-0.05, 0) is 81.1 Å². The number of likely N-dealkylation sites (tertiary alicyclic amines) is 1. The second-order valence-electron chi connectivity index (χ2n) is 7.15. The largest absolute Gasteiger partial charge is 0.497 e. The van der Waals surface area contributed by atoms with Crippen molar-refractivity contribution in [2.24, 2.45) is 5.92 Å². The Hall–Kier alpha value is -2.33. The SMILES string of the molecule is COc1ccc(C(=O)Nc2ccccc2CCC2CCCN(C)C2)cc1. The molecular formula is C22H28N2O2. The molecule has 1 atom stereocenters. The number of benzene rings is 2. The van der Waals surface area contributed by atoms with Gasteiger partial charge in [0.25, 0.3) is 5.91 Å². The number of carbonyl (C=O) groups is 1. The number of nitrogens with one attached hydrogen (secondary N) is 1. The summed E-state index contributed by atoms with van der Waals surface area (Å²) < 4.78 is 5.15. The molecule has 1 unspecified atom stereocenters. The smallest absolute Gasteiger partial charge is 0.255 e. The molecule has 0 bridgehead atoms. The summed E-state index contributed by atoms with van der Waals surface area (Å²) in [7, 11) is 3.82. The molecule has 1 fully saturated rings. The predicted octanol–water partition coefficient (Wildman–Crippen LogP) is 4.22. The van der Waals surface area contributed by atoms with E-state index < -0.39 is 0 Å². The Balaban J connectivity index is 1.63. The first-order chi connectivity index (χ1) is 12.7. The van der Waals surface area contributed by atoms with Crippen LogP contribution in [0.3, 0.4) is 0 Å². The van der Waals surface area contributed by atoms with Crippen LogP contribution >= 0.6 is 0 Å². The number of nitrogens with zero attached hydrogens (tertiary/aromatic N) is 1. The van der Waals surface area contributed by atoms with Crippen molar-refractivity contribution >= 4 is 11.6 Å². The number of para-hydroxylation sites is 1. The minimum absolute atomic E-state index is 0.0856. The van der Waals surface area contributed by atoms with Crippen LogP contribution in [0.25, 0.3) is 0 Å². The molecule has 26 heavy (non-hydrogen) atoms. The van der Waals surface area contributed by atoms with Crippen LogP contribution in [0, 0.1) is 5.92 Å². The van der Waals surface area contributed by atoms with Gasteiger partial charge in [-0.25, -0.2) is 0 Å². The Bertz CT molecular complexity index is 727. The minimum atomic E-state index is -0.0856. The summed E-state index contributed by atoms with van der Waals surface area (Å²) in [4.78, 5) is 15.0. The van der Waals surface area contributed by atoms with Crippen LogP contribution in [0.4, 0.5) is 5.69 Å². The van der Waals surface area contributed by atoms with Crippen LogP contribution < -0.4 is 10.1 Å². The summed E-state index contributed by atoms with van der Waals surface area (Å²) >= 11 is 0. The minimum Gasteiger partial charge on any atom is -0.497 e. The third kappa shape index (κ3) is 4.85. The fourth-order valence-corrected chi connectivity index (χ4v) is 3.67. The molecule has 1 aliphatic rings. The molecule has 4 heteroatoms. The van der Waals surface area contributed by atoms with Gasteiger partial charge in [0, 0.05) is 17.8 Å². The van der Waals surface area contributed by atoms with Gasteiger partial charge in [0.1, 0.15) is 5.75 Å². The van der Waals surface area contributed by atoms with E-state index >= 15 is 0 Å². The average molecular weight is 352 g/mol. The Morgan fingerprint density at radius 3 is 2.69 bits per heavy atom. The molecule has 0 aromatic heterocycles. The van der Waals surface area contributed by atoms with Crippen molar-refractivity contribution in [2.45, 2.75) is 25.7 Å². The molecule has 2 aromatic rings. The topological polar surface area (TPSA) is 41.6 Å². The number of methoxy groups -OCH3 is 1. The highest BCUT2D eigenvalue weighted by atomic mass is 16.5. The third-order valence-electron chi connectivity index (χ3n) is 5.16. The van der Waals surface area contributed by atoms with E-state index in [9.17, 15) is 4.79 Å². The Labute approximate surface area is 156 Å². The first-order valence-electron chi connectivity index (χ1n) is 9.37. The lowest BCUT2D eigenvalue weighted by Gasteiger charge is -2.29. The summed E-state index contributed by atoms with van der Waals surface area (Å²) in [5, 5.41) is 3.07. The summed E-state index contributed by atoms with van der Waals surface area (Å²) in [6.07, 6.45) is 4.76. The van der Waals surface area contributed by atoms with Gasteiger partial charge >= 0.3 is 0 Å². The van der Waals surface area contributed by atoms with Crippen LogP contribution in [0.2, 0.25) is 0 Å². The summed E-state index contributed by atoms with van der Waals surface area (Å²) in [5.74, 6) is 1.41. The van der Waals surface area contributed by atoms with E-state index in [-0.39, 0.29) is 5.91 Å². The van der Waals surface area contributed by atoms with E-state index in [0.29, 0.717) is 5.56 Å². The van der Waals surface area contributed by atoms with Crippen molar-refractivity contribution in [3.63, 3.8) is 0 Å². The van der Waals surface area contributed by atoms with Gasteiger partial charge in [-0.2, -0.15) is 0 Å². The maximum Gasteiger partial charge on any atom is 0.255 e. The number of piperidine rings is 1. The molecule has 1 N–H and O–H groups in total. The average Bonchev–Trinajstić information content (AvgIpc) is 2.67. The molecule has 1 amide bonds. The number of hydrogen-bond donors (Lipinski definition) is 1. The van der Waals surface area contributed by atoms with Crippen molar-refractivity contribution in [3.8, 4) is 5.75 Å². The first-order valence-corrected chi connectivity index (χ1v) is 9.37. The zero-order valence-electron chi connectivity index (χ0n) is 15.7. The second kappa shape index (κ2) is 8.86. The van der Waals surface area contributed by atoms with Crippen LogP contribution in [-0.2, 0) is 6.42 Å². The van der Waals surface area contributed by atoms with Gasteiger partial charge in [-0.3, -0.25) is 4.79 Å². The standard InChI is InChI=1S/C22H28N2O2/c1-24-15-5-6-17(16-24)9-10-18-7-3-4-8-21(18)23-22(25)19-11-13-20(26-2)14-12-19/h3-4,7-8,11-14,17H,5-6,9-10,15-16H2,1-2H3,(H,23,25). The fraction of sp³-hybridized carbons (Fsp3) is 0.409. The van der Waals surface area contributed by atoms with Gasteiger partial charge < -0.3 is 15.0 Å². The molecule has 0 radical (unpaired) electrons. The normalized spacial score (nSPS) is 17.7. The number of hydrogen-bond acceptors (Lipinski definition) is 3. The zero-order chi connectivity index (χ0) is 18.4. The fourth-order valence-electron chi connectivity index (χ4n) is 3.67. The number of aryl methyl sites for hydroxylation is 1. The molecule has 138 valence electrons. The lowest BCUT2D eigenvalue weighted by Crippen LogP contribution is -2.32. The molecule has 1 saturated heterocycles. The van der Waals surface area contributed by atoms with Crippen molar-refractivity contribution < 1.29 is 9.53 Å². The van der Waals surface area contributed by atoms with Gasteiger partial charge in [0.15, 0.2) is 0 Å². The maximum absolute atomic E-state index is 12.6. The third-order valence-corrected chi connectivity index (χ3v) is 5.16. The van der Waals surface area contributed by atoms with E-state index in [2.05, 4.69) is 23.3 Å². The Morgan fingerprint density at radius 2 is 1.96 bits per heavy atom. The van der Waals surface area contributed by atoms with Crippen molar-refractivity contribution in [1.82, 2.24) is 4.90 Å². The van der Waals surface area contributed by atoms with E-state index in [1.54, 1.807) is 31.4 Å². The van der Waals surface area contributed by atoms with E-state index in [1.807, 2.05) is 18.2 Å². The number of anilines is 1. The number of carbonyl (C=O) groups excluding carboxylic acids is 1. The highest BCUT2D eigenvalue weighted by Crippen LogP contribution is 2.24. The number of ether oxygens (including phenoxy) is 1. The molecule has 0 aliphatic carbocycles. The number of amides is 1. The molecule has 0 saturated carbocycles. The Morgan fingerprint density at radius 1 is 1.19 bits per heavy atom. The lowest BCUT2D eigenvalue weighted by molar-refractivity contribution is 0.102. The number of rotatable bonds is 6. The van der Waals surface area contributed by atoms with E-state index in [1.165, 1.54) is 37.9 Å². The van der Waals surface area contributed by atoms with Crippen molar-refractivity contribution in [2.75, 3.05) is 32.6 Å². The van der Waals surface area contributed by atoms with Gasteiger partial charge in [-0.1, -0.05) is 18.2 Å². The Kier molecular flexibility index (Phi) is 6.29. The summed E-state index contributed by atoms with van der Waals surface area (Å²) in [6, 6.07) is 15.3. The quantitative estimate of drug-likeness (QED) is 0.846. The molecule has 3 rings (SSSR count). The first kappa shape index (κ1) is 18.5. The van der Waals surface area contributed by atoms with Crippen molar-refractivity contribution in [3.05, 3.63) is 59.7 Å². The molecule has 2 aromatic carbocycles. The summed E-state index contributed by atoms with van der Waals surface area (Å²) in [5.41, 5.74) is 2.76. The second-order valence-corrected chi connectivity index (χ2v) is 7.15. The van der Waals surface area contributed by atoms with Crippen molar-refractivity contribution in [1.29, 1.82) is 0 Å². The van der Waals surface area contributed by atoms with E-state index in [4.69, 9.17) is 4.74 Å². The highest BCUT2D eigenvalue weighted by Gasteiger charge is 2.17. The zero-order valence-corrected chi connectivity index (χ0v) is 15.7. The lowest BCUT2D eigenvalue weighted by atomic mass is 9.91. The van der Waals surface area contributed by atoms with Crippen LogP contribution in [0.15, 0.2) is 48.5 Å². The highest BCUT2D eigenvalue weighted by molar-refractivity contribution is 6.04. The molecule has 4 nitrogen and oxygen atoms in total. The molecule has 1 heterocycles. The van der Waals surface area contributed by atoms with Gasteiger partial charge in [0.2, 0.25) is 0 Å². The molecular weight excluding hydrogens is 324 g/mol. The summed E-state index contributed by atoms with van der Waals surface area (Å²) in [6.45, 7) is 2.39. The monoisotopic (exact) mass is 352 g/mol. The molecule has 1 aliphatic heterocycles. The van der Waals surface area contributed by atoms with E-state index in [0.717, 1.165) is 23.8 Å². The van der Waals surface area contributed by atoms with Crippen LogP contribution in [0.5, 0.6) is 5.75 Å². The predicted molar refractivity (Wildman–Crippen MR) is 106 cm³/mol. The molecule has 0 spiro atoms. The van der Waals surface area contributed by atoms with Gasteiger partial charge in [-0.15, -0.1) is 0 Å². The van der Waals surface area contributed by atoms with Gasteiger partial charge in [0.05, 0.1) is 7.11 Å². The maximum atomic E-state index is 12.6. The van der Waals surface area contributed by atoms with Crippen LogP contribution in [0.1, 0.15) is 35.2 Å².